The first kappa shape index (κ1) is 12.4. The number of hydrogen-bond donors (Lipinski definition) is 1. The lowest BCUT2D eigenvalue weighted by molar-refractivity contribution is 1.02. The zero-order valence-corrected chi connectivity index (χ0v) is 11.7. The van der Waals surface area contributed by atoms with Crippen LogP contribution in [0.2, 0.25) is 0 Å². The van der Waals surface area contributed by atoms with E-state index in [4.69, 9.17) is 5.73 Å². The summed E-state index contributed by atoms with van der Waals surface area (Å²) in [7, 11) is 0. The fourth-order valence-electron chi connectivity index (χ4n) is 3.30. The standard InChI is InChI=1S/C20H16N/c21-13-16-10-9-15-7-4-8-19-17(11-12-18(16)20(15)19)14-5-2-1-3-6-14/h2-12,17H,13,21H2. The summed E-state index contributed by atoms with van der Waals surface area (Å²) in [4.78, 5) is 0. The summed E-state index contributed by atoms with van der Waals surface area (Å²) < 4.78 is 0. The Morgan fingerprint density at radius 2 is 1.86 bits per heavy atom. The molecule has 1 heteroatoms. The quantitative estimate of drug-likeness (QED) is 0.740. The van der Waals surface area contributed by atoms with Gasteiger partial charge >= 0.3 is 0 Å². The Labute approximate surface area is 124 Å². The van der Waals surface area contributed by atoms with E-state index in [1.54, 1.807) is 0 Å². The second-order valence-electron chi connectivity index (χ2n) is 5.46. The molecule has 1 aliphatic carbocycles. The van der Waals surface area contributed by atoms with Crippen LogP contribution in [-0.2, 0) is 6.54 Å². The molecule has 0 saturated heterocycles. The second-order valence-corrected chi connectivity index (χ2v) is 5.46. The van der Waals surface area contributed by atoms with Crippen LogP contribution in [0.3, 0.4) is 0 Å². The number of rotatable bonds is 2. The highest BCUT2D eigenvalue weighted by Gasteiger charge is 2.20. The van der Waals surface area contributed by atoms with Crippen molar-refractivity contribution in [1.82, 2.24) is 0 Å². The Morgan fingerprint density at radius 3 is 2.67 bits per heavy atom. The summed E-state index contributed by atoms with van der Waals surface area (Å²) in [5.74, 6) is 0.309. The lowest BCUT2D eigenvalue weighted by Crippen LogP contribution is -2.07. The van der Waals surface area contributed by atoms with Gasteiger partial charge in [0.25, 0.3) is 0 Å². The average Bonchev–Trinajstić information content (AvgIpc) is 2.56. The number of allylic oxidation sites excluding steroid dienone is 1. The van der Waals surface area contributed by atoms with Crippen LogP contribution >= 0.6 is 0 Å². The minimum Gasteiger partial charge on any atom is -0.326 e. The molecule has 1 atom stereocenters. The van der Waals surface area contributed by atoms with E-state index in [1.165, 1.54) is 33.0 Å². The Morgan fingerprint density at radius 1 is 1.00 bits per heavy atom. The molecule has 1 unspecified atom stereocenters. The van der Waals surface area contributed by atoms with Crippen LogP contribution in [0.25, 0.3) is 16.8 Å². The highest BCUT2D eigenvalue weighted by atomic mass is 14.5. The van der Waals surface area contributed by atoms with Crippen molar-refractivity contribution < 1.29 is 0 Å². The van der Waals surface area contributed by atoms with Gasteiger partial charge < -0.3 is 5.73 Å². The van der Waals surface area contributed by atoms with Gasteiger partial charge in [0.1, 0.15) is 0 Å². The molecule has 3 aromatic carbocycles. The fourth-order valence-corrected chi connectivity index (χ4v) is 3.30. The third-order valence-electron chi connectivity index (χ3n) is 4.32. The highest BCUT2D eigenvalue weighted by Crippen LogP contribution is 2.39. The van der Waals surface area contributed by atoms with Crippen molar-refractivity contribution in [1.29, 1.82) is 0 Å². The van der Waals surface area contributed by atoms with Crippen molar-refractivity contribution >= 4 is 16.8 Å². The normalized spacial score (nSPS) is 16.3. The van der Waals surface area contributed by atoms with Gasteiger partial charge in [-0.1, -0.05) is 66.7 Å². The van der Waals surface area contributed by atoms with Gasteiger partial charge in [-0.25, -0.2) is 0 Å². The Bertz CT molecular complexity index is 831. The Kier molecular flexibility index (Phi) is 2.87. The SMILES string of the molecule is NCc1ccc2cccc3c2c1C=CC3c1cc[c]cc1. The van der Waals surface area contributed by atoms with E-state index in [0.29, 0.717) is 12.5 Å². The van der Waals surface area contributed by atoms with Crippen LogP contribution in [0, 0.1) is 6.07 Å². The largest absolute Gasteiger partial charge is 0.326 e. The monoisotopic (exact) mass is 270 g/mol. The maximum absolute atomic E-state index is 5.90. The lowest BCUT2D eigenvalue weighted by Gasteiger charge is -2.23. The molecule has 0 amide bonds. The molecule has 3 aromatic rings. The zero-order valence-electron chi connectivity index (χ0n) is 11.7. The van der Waals surface area contributed by atoms with Gasteiger partial charge in [0.15, 0.2) is 0 Å². The van der Waals surface area contributed by atoms with Crippen LogP contribution in [0.1, 0.15) is 28.2 Å². The molecule has 101 valence electrons. The topological polar surface area (TPSA) is 26.0 Å². The van der Waals surface area contributed by atoms with Gasteiger partial charge in [0, 0.05) is 12.5 Å². The number of hydrogen-bond acceptors (Lipinski definition) is 1. The van der Waals surface area contributed by atoms with E-state index < -0.39 is 0 Å². The predicted octanol–water partition coefficient (Wildman–Crippen LogP) is 4.26. The highest BCUT2D eigenvalue weighted by molar-refractivity contribution is 5.97. The first-order chi connectivity index (χ1) is 10.4. The number of nitrogens with two attached hydrogens (primary N) is 1. The van der Waals surface area contributed by atoms with Gasteiger partial charge in [-0.05, 0) is 39.1 Å². The van der Waals surface area contributed by atoms with E-state index in [-0.39, 0.29) is 0 Å². The molecular formula is C20H16N. The average molecular weight is 270 g/mol. The van der Waals surface area contributed by atoms with Gasteiger partial charge in [0.05, 0.1) is 0 Å². The van der Waals surface area contributed by atoms with E-state index in [0.717, 1.165) is 0 Å². The van der Waals surface area contributed by atoms with Crippen LogP contribution in [-0.4, -0.2) is 0 Å². The molecule has 21 heavy (non-hydrogen) atoms. The van der Waals surface area contributed by atoms with Crippen LogP contribution in [0.4, 0.5) is 0 Å². The van der Waals surface area contributed by atoms with Crippen molar-refractivity contribution in [2.75, 3.05) is 0 Å². The predicted molar refractivity (Wildman–Crippen MR) is 88.0 cm³/mol. The van der Waals surface area contributed by atoms with E-state index in [1.807, 2.05) is 12.1 Å². The van der Waals surface area contributed by atoms with E-state index >= 15 is 0 Å². The van der Waals surface area contributed by atoms with E-state index in [2.05, 4.69) is 60.7 Å². The molecule has 0 fully saturated rings. The van der Waals surface area contributed by atoms with Crippen molar-refractivity contribution in [3.05, 3.63) is 89.0 Å². The molecule has 0 spiro atoms. The molecule has 0 saturated carbocycles. The molecule has 0 aliphatic heterocycles. The molecule has 0 aromatic heterocycles. The molecule has 0 bridgehead atoms. The van der Waals surface area contributed by atoms with Gasteiger partial charge in [-0.15, -0.1) is 0 Å². The zero-order chi connectivity index (χ0) is 14.2. The summed E-state index contributed by atoms with van der Waals surface area (Å²) >= 11 is 0. The van der Waals surface area contributed by atoms with Crippen LogP contribution < -0.4 is 5.73 Å². The molecule has 1 nitrogen and oxygen atoms in total. The third-order valence-corrected chi connectivity index (χ3v) is 4.32. The smallest absolute Gasteiger partial charge is 0.0279 e. The van der Waals surface area contributed by atoms with E-state index in [9.17, 15) is 0 Å². The maximum Gasteiger partial charge on any atom is 0.0279 e. The Hall–Kier alpha value is -2.38. The summed E-state index contributed by atoms with van der Waals surface area (Å²) in [6, 6.07) is 22.2. The second kappa shape index (κ2) is 4.87. The lowest BCUT2D eigenvalue weighted by atomic mass is 9.81. The summed E-state index contributed by atoms with van der Waals surface area (Å²) in [6.45, 7) is 0.578. The maximum atomic E-state index is 5.90. The number of benzene rings is 3. The fraction of sp³-hybridized carbons (Fsp3) is 0.100. The first-order valence-electron chi connectivity index (χ1n) is 7.27. The minimum absolute atomic E-state index is 0.309. The van der Waals surface area contributed by atoms with Crippen molar-refractivity contribution in [3.63, 3.8) is 0 Å². The van der Waals surface area contributed by atoms with Crippen LogP contribution in [0.15, 0.2) is 60.7 Å². The molecular weight excluding hydrogens is 254 g/mol. The molecule has 0 heterocycles. The molecule has 4 rings (SSSR count). The van der Waals surface area contributed by atoms with Gasteiger partial charge in [-0.2, -0.15) is 0 Å². The molecule has 2 N–H and O–H groups in total. The third kappa shape index (κ3) is 1.90. The van der Waals surface area contributed by atoms with Crippen LogP contribution in [0.5, 0.6) is 0 Å². The van der Waals surface area contributed by atoms with Crippen molar-refractivity contribution in [2.45, 2.75) is 12.5 Å². The molecule has 1 radical (unpaired) electrons. The first-order valence-corrected chi connectivity index (χ1v) is 7.27. The molecule has 1 aliphatic rings. The summed E-state index contributed by atoms with van der Waals surface area (Å²) in [5.41, 5.74) is 11.1. The van der Waals surface area contributed by atoms with Crippen molar-refractivity contribution in [2.24, 2.45) is 5.73 Å². The summed E-state index contributed by atoms with van der Waals surface area (Å²) in [5, 5.41) is 2.64. The van der Waals surface area contributed by atoms with Gasteiger partial charge in [0.2, 0.25) is 0 Å². The van der Waals surface area contributed by atoms with Gasteiger partial charge in [-0.3, -0.25) is 0 Å². The summed E-state index contributed by atoms with van der Waals surface area (Å²) in [6.07, 6.45) is 4.52. The minimum atomic E-state index is 0.309. The van der Waals surface area contributed by atoms with Crippen molar-refractivity contribution in [3.8, 4) is 0 Å². The Balaban J connectivity index is 2.01.